The zero-order valence-corrected chi connectivity index (χ0v) is 9.59. The summed E-state index contributed by atoms with van der Waals surface area (Å²) in [6.45, 7) is 5.12. The van der Waals surface area contributed by atoms with Gasteiger partial charge in [0.2, 0.25) is 0 Å². The SMILES string of the molecule is CN(C)CCCNCCOCC1CC1. The van der Waals surface area contributed by atoms with Gasteiger partial charge in [0.15, 0.2) is 0 Å². The predicted molar refractivity (Wildman–Crippen MR) is 59.6 cm³/mol. The first kappa shape index (κ1) is 12.0. The van der Waals surface area contributed by atoms with Crippen molar-refractivity contribution in [3.63, 3.8) is 0 Å². The van der Waals surface area contributed by atoms with Crippen LogP contribution in [0.3, 0.4) is 0 Å². The van der Waals surface area contributed by atoms with Gasteiger partial charge in [-0.15, -0.1) is 0 Å². The number of hydrogen-bond acceptors (Lipinski definition) is 3. The van der Waals surface area contributed by atoms with E-state index in [0.717, 1.165) is 38.8 Å². The average Bonchev–Trinajstić information content (AvgIpc) is 2.92. The second-order valence-corrected chi connectivity index (χ2v) is 4.43. The third-order valence-electron chi connectivity index (χ3n) is 2.43. The lowest BCUT2D eigenvalue weighted by Crippen LogP contribution is -2.24. The molecule has 1 aliphatic carbocycles. The van der Waals surface area contributed by atoms with E-state index >= 15 is 0 Å². The Labute approximate surface area is 87.8 Å². The number of hydrogen-bond donors (Lipinski definition) is 1. The molecule has 84 valence electrons. The lowest BCUT2D eigenvalue weighted by atomic mass is 10.4. The molecule has 1 N–H and O–H groups in total. The Morgan fingerprint density at radius 2 is 2.07 bits per heavy atom. The van der Waals surface area contributed by atoms with Gasteiger partial charge >= 0.3 is 0 Å². The van der Waals surface area contributed by atoms with Crippen LogP contribution in [-0.4, -0.2) is 51.8 Å². The molecule has 0 radical (unpaired) electrons. The molecule has 1 rings (SSSR count). The van der Waals surface area contributed by atoms with Gasteiger partial charge in [0.25, 0.3) is 0 Å². The van der Waals surface area contributed by atoms with Crippen molar-refractivity contribution in [3.8, 4) is 0 Å². The summed E-state index contributed by atoms with van der Waals surface area (Å²) in [5.41, 5.74) is 0. The third kappa shape index (κ3) is 7.30. The van der Waals surface area contributed by atoms with Crippen LogP contribution < -0.4 is 5.32 Å². The fourth-order valence-electron chi connectivity index (χ4n) is 1.32. The fraction of sp³-hybridized carbons (Fsp3) is 1.00. The molecule has 0 unspecified atom stereocenters. The molecule has 0 aromatic carbocycles. The highest BCUT2D eigenvalue weighted by Gasteiger charge is 2.20. The van der Waals surface area contributed by atoms with E-state index in [9.17, 15) is 0 Å². The van der Waals surface area contributed by atoms with Crippen molar-refractivity contribution >= 4 is 0 Å². The van der Waals surface area contributed by atoms with E-state index in [1.54, 1.807) is 0 Å². The zero-order valence-electron chi connectivity index (χ0n) is 9.59. The van der Waals surface area contributed by atoms with Gasteiger partial charge in [-0.05, 0) is 52.4 Å². The monoisotopic (exact) mass is 200 g/mol. The molecule has 14 heavy (non-hydrogen) atoms. The Bertz CT molecular complexity index is 127. The molecular weight excluding hydrogens is 176 g/mol. The molecule has 3 heteroatoms. The summed E-state index contributed by atoms with van der Waals surface area (Å²) in [6, 6.07) is 0. The Morgan fingerprint density at radius 1 is 1.29 bits per heavy atom. The fourth-order valence-corrected chi connectivity index (χ4v) is 1.32. The molecule has 1 saturated carbocycles. The van der Waals surface area contributed by atoms with Crippen LogP contribution in [0.1, 0.15) is 19.3 Å². The van der Waals surface area contributed by atoms with Gasteiger partial charge in [-0.1, -0.05) is 0 Å². The molecule has 0 aromatic rings. The molecule has 0 spiro atoms. The smallest absolute Gasteiger partial charge is 0.0591 e. The molecule has 0 aliphatic heterocycles. The summed E-state index contributed by atoms with van der Waals surface area (Å²) in [5.74, 6) is 0.892. The summed E-state index contributed by atoms with van der Waals surface area (Å²) >= 11 is 0. The largest absolute Gasteiger partial charge is 0.380 e. The first-order chi connectivity index (χ1) is 6.79. The second kappa shape index (κ2) is 7.21. The highest BCUT2D eigenvalue weighted by molar-refractivity contribution is 4.71. The van der Waals surface area contributed by atoms with E-state index in [0.29, 0.717) is 0 Å². The average molecular weight is 200 g/mol. The Kier molecular flexibility index (Phi) is 6.15. The summed E-state index contributed by atoms with van der Waals surface area (Å²) in [5, 5.41) is 3.38. The van der Waals surface area contributed by atoms with Crippen LogP contribution in [0.15, 0.2) is 0 Å². The van der Waals surface area contributed by atoms with Crippen molar-refractivity contribution < 1.29 is 4.74 Å². The van der Waals surface area contributed by atoms with Crippen LogP contribution in [0.4, 0.5) is 0 Å². The molecule has 0 saturated heterocycles. The summed E-state index contributed by atoms with van der Waals surface area (Å²) in [4.78, 5) is 2.21. The maximum Gasteiger partial charge on any atom is 0.0591 e. The number of nitrogens with zero attached hydrogens (tertiary/aromatic N) is 1. The van der Waals surface area contributed by atoms with Crippen molar-refractivity contribution in [2.24, 2.45) is 5.92 Å². The minimum Gasteiger partial charge on any atom is -0.380 e. The molecule has 0 bridgehead atoms. The van der Waals surface area contributed by atoms with E-state index in [2.05, 4.69) is 24.3 Å². The Morgan fingerprint density at radius 3 is 2.71 bits per heavy atom. The first-order valence-electron chi connectivity index (χ1n) is 5.72. The van der Waals surface area contributed by atoms with E-state index in [1.807, 2.05) is 0 Å². The van der Waals surface area contributed by atoms with Gasteiger partial charge in [0, 0.05) is 13.2 Å². The maximum absolute atomic E-state index is 5.51. The van der Waals surface area contributed by atoms with E-state index in [4.69, 9.17) is 4.74 Å². The van der Waals surface area contributed by atoms with Gasteiger partial charge in [0.1, 0.15) is 0 Å². The van der Waals surface area contributed by atoms with Crippen LogP contribution in [0.2, 0.25) is 0 Å². The molecule has 0 amide bonds. The molecule has 0 heterocycles. The lowest BCUT2D eigenvalue weighted by molar-refractivity contribution is 0.126. The van der Waals surface area contributed by atoms with Gasteiger partial charge < -0.3 is 15.0 Å². The van der Waals surface area contributed by atoms with Crippen LogP contribution in [0, 0.1) is 5.92 Å². The minimum absolute atomic E-state index is 0.873. The van der Waals surface area contributed by atoms with E-state index in [1.165, 1.54) is 19.3 Å². The molecule has 0 atom stereocenters. The third-order valence-corrected chi connectivity index (χ3v) is 2.43. The summed E-state index contributed by atoms with van der Waals surface area (Å²) in [6.07, 6.45) is 3.99. The van der Waals surface area contributed by atoms with Crippen LogP contribution in [0.5, 0.6) is 0 Å². The lowest BCUT2D eigenvalue weighted by Gasteiger charge is -2.09. The van der Waals surface area contributed by atoms with Gasteiger partial charge in [0.05, 0.1) is 6.61 Å². The van der Waals surface area contributed by atoms with Crippen molar-refractivity contribution in [1.82, 2.24) is 10.2 Å². The Balaban J connectivity index is 1.66. The first-order valence-corrected chi connectivity index (χ1v) is 5.72. The van der Waals surface area contributed by atoms with E-state index < -0.39 is 0 Å². The highest BCUT2D eigenvalue weighted by atomic mass is 16.5. The van der Waals surface area contributed by atoms with Gasteiger partial charge in [-0.2, -0.15) is 0 Å². The molecule has 1 aliphatic rings. The van der Waals surface area contributed by atoms with Crippen LogP contribution >= 0.6 is 0 Å². The van der Waals surface area contributed by atoms with Crippen LogP contribution in [-0.2, 0) is 4.74 Å². The molecular formula is C11H24N2O. The second-order valence-electron chi connectivity index (χ2n) is 4.43. The maximum atomic E-state index is 5.51. The topological polar surface area (TPSA) is 24.5 Å². The minimum atomic E-state index is 0.873. The van der Waals surface area contributed by atoms with Crippen molar-refractivity contribution in [1.29, 1.82) is 0 Å². The van der Waals surface area contributed by atoms with Gasteiger partial charge in [-0.3, -0.25) is 0 Å². The van der Waals surface area contributed by atoms with Crippen molar-refractivity contribution in [2.45, 2.75) is 19.3 Å². The number of nitrogens with one attached hydrogen (secondary N) is 1. The quantitative estimate of drug-likeness (QED) is 0.561. The normalized spacial score (nSPS) is 16.5. The molecule has 3 nitrogen and oxygen atoms in total. The zero-order chi connectivity index (χ0) is 10.2. The Hall–Kier alpha value is -0.120. The van der Waals surface area contributed by atoms with Crippen LogP contribution in [0.25, 0.3) is 0 Å². The van der Waals surface area contributed by atoms with Crippen molar-refractivity contribution in [2.75, 3.05) is 46.9 Å². The number of ether oxygens (including phenoxy) is 1. The summed E-state index contributed by atoms with van der Waals surface area (Å²) < 4.78 is 5.51. The standard InChI is InChI=1S/C11H24N2O/c1-13(2)8-3-6-12-7-9-14-10-11-4-5-11/h11-12H,3-10H2,1-2H3. The number of rotatable bonds is 9. The van der Waals surface area contributed by atoms with Crippen molar-refractivity contribution in [3.05, 3.63) is 0 Å². The van der Waals surface area contributed by atoms with Gasteiger partial charge in [-0.25, -0.2) is 0 Å². The highest BCUT2D eigenvalue weighted by Crippen LogP contribution is 2.28. The molecule has 1 fully saturated rings. The van der Waals surface area contributed by atoms with E-state index in [-0.39, 0.29) is 0 Å². The molecule has 0 aromatic heterocycles. The predicted octanol–water partition coefficient (Wildman–Crippen LogP) is 0.954. The summed E-state index contributed by atoms with van der Waals surface area (Å²) in [7, 11) is 4.22.